The highest BCUT2D eigenvalue weighted by Gasteiger charge is 2.20. The van der Waals surface area contributed by atoms with Gasteiger partial charge in [-0.05, 0) is 0 Å². The molecule has 0 saturated carbocycles. The van der Waals surface area contributed by atoms with Gasteiger partial charge in [-0.1, -0.05) is 13.8 Å². The summed E-state index contributed by atoms with van der Waals surface area (Å²) < 4.78 is 0. The molecule has 1 N–H and O–H groups in total. The van der Waals surface area contributed by atoms with Crippen molar-refractivity contribution in [2.45, 2.75) is 13.8 Å². The number of hydrogen-bond acceptors (Lipinski definition) is 6. The number of Topliss-reactive ketones (excluding diaryl/α,β-unsaturated/α-hetero) is 1. The lowest BCUT2D eigenvalue weighted by atomic mass is 10.1. The third-order valence-corrected chi connectivity index (χ3v) is 3.91. The minimum Gasteiger partial charge on any atom is -0.480 e. The number of carboxylic acids is 1. The lowest BCUT2D eigenvalue weighted by Gasteiger charge is -2.25. The van der Waals surface area contributed by atoms with Crippen LogP contribution in [-0.4, -0.2) is 96.7 Å². The van der Waals surface area contributed by atoms with Gasteiger partial charge in [0.15, 0.2) is 0 Å². The van der Waals surface area contributed by atoms with Gasteiger partial charge in [-0.2, -0.15) is 0 Å². The van der Waals surface area contributed by atoms with Crippen molar-refractivity contribution in [3.8, 4) is 0 Å². The summed E-state index contributed by atoms with van der Waals surface area (Å²) in [6.07, 6.45) is 0.864. The molecule has 1 fully saturated rings. The average molecular weight is 313 g/mol. The van der Waals surface area contributed by atoms with Crippen molar-refractivity contribution in [2.24, 2.45) is 5.92 Å². The number of hydrogen-bond donors (Lipinski definition) is 1. The van der Waals surface area contributed by atoms with Crippen LogP contribution in [0.1, 0.15) is 13.8 Å². The van der Waals surface area contributed by atoms with Crippen LogP contribution in [0, 0.1) is 5.92 Å². The van der Waals surface area contributed by atoms with Crippen molar-refractivity contribution >= 4 is 18.0 Å². The number of carboxylic acid groups (broad SMARTS) is 1. The van der Waals surface area contributed by atoms with Crippen molar-refractivity contribution in [1.82, 2.24) is 14.7 Å². The molecule has 0 aromatic heterocycles. The van der Waals surface area contributed by atoms with E-state index in [-0.39, 0.29) is 18.2 Å². The van der Waals surface area contributed by atoms with Crippen LogP contribution < -0.4 is 0 Å². The Morgan fingerprint density at radius 2 is 1.41 bits per heavy atom. The topological polar surface area (TPSA) is 81.2 Å². The summed E-state index contributed by atoms with van der Waals surface area (Å²) in [5, 5.41) is 8.97. The minimum absolute atomic E-state index is 0.00571. The van der Waals surface area contributed by atoms with Crippen molar-refractivity contribution in [3.63, 3.8) is 0 Å². The quantitative estimate of drug-likeness (QED) is 0.629. The van der Waals surface area contributed by atoms with Gasteiger partial charge in [-0.3, -0.25) is 24.3 Å². The molecule has 0 amide bonds. The molecule has 0 bridgehead atoms. The molecule has 1 aliphatic rings. The van der Waals surface area contributed by atoms with Gasteiger partial charge in [0.2, 0.25) is 0 Å². The van der Waals surface area contributed by atoms with Crippen molar-refractivity contribution in [2.75, 3.05) is 58.9 Å². The van der Waals surface area contributed by atoms with Gasteiger partial charge in [0.05, 0.1) is 19.6 Å². The maximum absolute atomic E-state index is 11.9. The van der Waals surface area contributed by atoms with Crippen molar-refractivity contribution < 1.29 is 19.5 Å². The third kappa shape index (κ3) is 7.11. The first-order valence-corrected chi connectivity index (χ1v) is 7.77. The Bertz CT molecular complexity index is 387. The smallest absolute Gasteiger partial charge is 0.317 e. The number of aldehydes is 1. The largest absolute Gasteiger partial charge is 0.480 e. The standard InChI is InChI=1S/C15H27N3O4/c1-13(2)14(20)11-17-5-3-16(9-10-19)4-6-18(8-7-17)12-15(21)22/h10,13H,3-9,11-12H2,1-2H3,(H,21,22). The zero-order valence-corrected chi connectivity index (χ0v) is 13.5. The zero-order valence-electron chi connectivity index (χ0n) is 13.5. The van der Waals surface area contributed by atoms with Crippen molar-refractivity contribution in [1.29, 1.82) is 0 Å². The summed E-state index contributed by atoms with van der Waals surface area (Å²) in [5.41, 5.74) is 0. The van der Waals surface area contributed by atoms with E-state index >= 15 is 0 Å². The summed E-state index contributed by atoms with van der Waals surface area (Å²) in [6.45, 7) is 8.47. The fourth-order valence-electron chi connectivity index (χ4n) is 2.38. The molecule has 0 atom stereocenters. The molecule has 126 valence electrons. The fourth-order valence-corrected chi connectivity index (χ4v) is 2.38. The van der Waals surface area contributed by atoms with Gasteiger partial charge < -0.3 is 9.90 Å². The molecular formula is C15H27N3O4. The van der Waals surface area contributed by atoms with Gasteiger partial charge in [0, 0.05) is 45.2 Å². The fraction of sp³-hybridized carbons (Fsp3) is 0.800. The van der Waals surface area contributed by atoms with E-state index in [0.29, 0.717) is 52.4 Å². The van der Waals surface area contributed by atoms with Crippen LogP contribution in [0.15, 0.2) is 0 Å². The molecule has 7 nitrogen and oxygen atoms in total. The van der Waals surface area contributed by atoms with E-state index < -0.39 is 5.97 Å². The van der Waals surface area contributed by atoms with Gasteiger partial charge >= 0.3 is 5.97 Å². The SMILES string of the molecule is CC(C)C(=O)CN1CCN(CC=O)CCN(CC(=O)O)CC1. The molecule has 22 heavy (non-hydrogen) atoms. The Labute approximate surface area is 131 Å². The number of rotatable bonds is 7. The first kappa shape index (κ1) is 18.7. The van der Waals surface area contributed by atoms with E-state index in [9.17, 15) is 14.4 Å². The van der Waals surface area contributed by atoms with E-state index in [0.717, 1.165) is 6.29 Å². The van der Waals surface area contributed by atoms with Gasteiger partial charge in [0.25, 0.3) is 0 Å². The van der Waals surface area contributed by atoms with E-state index in [1.165, 1.54) is 0 Å². The van der Waals surface area contributed by atoms with Gasteiger partial charge in [0.1, 0.15) is 12.1 Å². The second-order valence-corrected chi connectivity index (χ2v) is 6.03. The summed E-state index contributed by atoms with van der Waals surface area (Å²) in [4.78, 5) is 39.5. The Hall–Kier alpha value is -1.31. The highest BCUT2D eigenvalue weighted by atomic mass is 16.4. The number of nitrogens with zero attached hydrogens (tertiary/aromatic N) is 3. The molecule has 0 spiro atoms. The summed E-state index contributed by atoms with van der Waals surface area (Å²) in [6, 6.07) is 0. The molecule has 7 heteroatoms. The monoisotopic (exact) mass is 313 g/mol. The Kier molecular flexibility index (Phi) is 8.22. The van der Waals surface area contributed by atoms with Crippen LogP contribution in [0.3, 0.4) is 0 Å². The van der Waals surface area contributed by atoms with Crippen LogP contribution in [-0.2, 0) is 14.4 Å². The van der Waals surface area contributed by atoms with Crippen LogP contribution in [0.4, 0.5) is 0 Å². The molecule has 0 aliphatic carbocycles. The van der Waals surface area contributed by atoms with E-state index in [1.54, 1.807) is 0 Å². The average Bonchev–Trinajstić information content (AvgIpc) is 2.52. The van der Waals surface area contributed by atoms with Gasteiger partial charge in [-0.15, -0.1) is 0 Å². The molecule has 0 unspecified atom stereocenters. The summed E-state index contributed by atoms with van der Waals surface area (Å²) in [5.74, 6) is -0.675. The number of carbonyl (C=O) groups is 3. The van der Waals surface area contributed by atoms with Crippen LogP contribution in [0.25, 0.3) is 0 Å². The molecule has 0 aromatic carbocycles. The molecule has 0 radical (unpaired) electrons. The molecule has 1 rings (SSSR count). The van der Waals surface area contributed by atoms with Crippen LogP contribution >= 0.6 is 0 Å². The first-order chi connectivity index (χ1) is 10.4. The van der Waals surface area contributed by atoms with E-state index in [2.05, 4.69) is 4.90 Å². The highest BCUT2D eigenvalue weighted by molar-refractivity contribution is 5.82. The second kappa shape index (κ2) is 9.66. The lowest BCUT2D eigenvalue weighted by Crippen LogP contribution is -2.41. The summed E-state index contributed by atoms with van der Waals surface area (Å²) >= 11 is 0. The molecule has 1 heterocycles. The molecule has 1 aliphatic heterocycles. The predicted molar refractivity (Wildman–Crippen MR) is 82.9 cm³/mol. The number of ketones is 1. The molecule has 0 aromatic rings. The summed E-state index contributed by atoms with van der Waals surface area (Å²) in [7, 11) is 0. The normalized spacial score (nSPS) is 19.4. The van der Waals surface area contributed by atoms with Crippen molar-refractivity contribution in [3.05, 3.63) is 0 Å². The van der Waals surface area contributed by atoms with Crippen LogP contribution in [0.5, 0.6) is 0 Å². The van der Waals surface area contributed by atoms with Gasteiger partial charge in [-0.25, -0.2) is 0 Å². The maximum atomic E-state index is 11.9. The third-order valence-electron chi connectivity index (χ3n) is 3.91. The first-order valence-electron chi connectivity index (χ1n) is 7.77. The number of aliphatic carboxylic acids is 1. The molecule has 1 saturated heterocycles. The lowest BCUT2D eigenvalue weighted by molar-refractivity contribution is -0.138. The van der Waals surface area contributed by atoms with Crippen LogP contribution in [0.2, 0.25) is 0 Å². The highest BCUT2D eigenvalue weighted by Crippen LogP contribution is 2.03. The Balaban J connectivity index is 2.68. The second-order valence-electron chi connectivity index (χ2n) is 6.03. The Morgan fingerprint density at radius 1 is 0.955 bits per heavy atom. The van der Waals surface area contributed by atoms with E-state index in [4.69, 9.17) is 5.11 Å². The minimum atomic E-state index is -0.856. The molecular weight excluding hydrogens is 286 g/mol. The maximum Gasteiger partial charge on any atom is 0.317 e. The zero-order chi connectivity index (χ0) is 16.5. The Morgan fingerprint density at radius 3 is 1.82 bits per heavy atom. The number of carbonyl (C=O) groups excluding carboxylic acids is 2. The van der Waals surface area contributed by atoms with E-state index in [1.807, 2.05) is 23.6 Å². The predicted octanol–water partition coefficient (Wildman–Crippen LogP) is -0.585.